The largest absolute Gasteiger partial charge is 0.458 e. The van der Waals surface area contributed by atoms with Gasteiger partial charge in [0.2, 0.25) is 5.95 Å². The second-order valence-corrected chi connectivity index (χ2v) is 8.83. The molecule has 1 aliphatic heterocycles. The van der Waals surface area contributed by atoms with Crippen molar-refractivity contribution in [2.24, 2.45) is 0 Å². The van der Waals surface area contributed by atoms with Gasteiger partial charge in [-0.25, -0.2) is 4.79 Å². The smallest absolute Gasteiger partial charge is 0.338 e. The fraction of sp³-hybridized carbons (Fsp3) is 0.263. The Hall–Kier alpha value is -2.89. The molecule has 0 amide bonds. The van der Waals surface area contributed by atoms with Crippen LogP contribution in [0.1, 0.15) is 23.0 Å². The summed E-state index contributed by atoms with van der Waals surface area (Å²) in [7, 11) is 0. The Morgan fingerprint density at radius 1 is 1.37 bits per heavy atom. The van der Waals surface area contributed by atoms with Gasteiger partial charge in [0.15, 0.2) is 11.9 Å². The lowest BCUT2D eigenvalue weighted by atomic mass is 10.2. The lowest BCUT2D eigenvalue weighted by Gasteiger charge is -2.17. The Morgan fingerprint density at radius 2 is 2.13 bits per heavy atom. The summed E-state index contributed by atoms with van der Waals surface area (Å²) >= 11 is 2.22. The average molecular weight is 447 g/mol. The summed E-state index contributed by atoms with van der Waals surface area (Å²) in [6.45, 7) is 3.77. The maximum Gasteiger partial charge on any atom is 0.338 e. The van der Waals surface area contributed by atoms with Crippen molar-refractivity contribution in [1.82, 2.24) is 14.5 Å². The highest BCUT2D eigenvalue weighted by molar-refractivity contribution is 8.00. The highest BCUT2D eigenvalue weighted by Gasteiger charge is 2.39. The highest BCUT2D eigenvalue weighted by Crippen LogP contribution is 2.41. The standard InChI is InChI=1S/C19H18N4O5S2/c1-2-6-11-16(23-14-13(30-19(23)26)15(24)22-18(20)21-14)28-12(29-11)9-27-17(25)10-7-4-3-5-8-10/h2-5,7-8,11-12,16H,1,6,9H2,(H3,20,21,22,24). The number of hydrogen-bond acceptors (Lipinski definition) is 9. The Morgan fingerprint density at radius 3 is 2.87 bits per heavy atom. The predicted octanol–water partition coefficient (Wildman–Crippen LogP) is 2.12. The van der Waals surface area contributed by atoms with Gasteiger partial charge in [-0.2, -0.15) is 4.98 Å². The minimum atomic E-state index is -0.705. The van der Waals surface area contributed by atoms with Crippen LogP contribution in [0.3, 0.4) is 0 Å². The van der Waals surface area contributed by atoms with Gasteiger partial charge < -0.3 is 15.2 Å². The van der Waals surface area contributed by atoms with E-state index in [0.717, 1.165) is 11.3 Å². The number of fused-ring (bicyclic) bond motifs is 1. The van der Waals surface area contributed by atoms with Gasteiger partial charge in [-0.15, -0.1) is 18.3 Å². The molecule has 3 aromatic rings. The first-order valence-electron chi connectivity index (χ1n) is 9.02. The number of rotatable bonds is 6. The zero-order chi connectivity index (χ0) is 21.3. The van der Waals surface area contributed by atoms with Crippen molar-refractivity contribution >= 4 is 45.4 Å². The molecule has 30 heavy (non-hydrogen) atoms. The number of carbonyl (C=O) groups excluding carboxylic acids is 1. The molecule has 3 atom stereocenters. The molecule has 3 heterocycles. The van der Waals surface area contributed by atoms with E-state index in [-0.39, 0.29) is 33.0 Å². The number of ether oxygens (including phenoxy) is 2. The number of anilines is 1. The van der Waals surface area contributed by atoms with Crippen LogP contribution in [0.5, 0.6) is 0 Å². The van der Waals surface area contributed by atoms with Crippen molar-refractivity contribution in [3.63, 3.8) is 0 Å². The maximum atomic E-state index is 12.6. The maximum absolute atomic E-state index is 12.6. The lowest BCUT2D eigenvalue weighted by Crippen LogP contribution is -2.27. The number of H-pyrrole nitrogens is 1. The van der Waals surface area contributed by atoms with E-state index in [1.54, 1.807) is 30.3 Å². The summed E-state index contributed by atoms with van der Waals surface area (Å²) in [6, 6.07) is 8.65. The van der Waals surface area contributed by atoms with Gasteiger partial charge in [-0.1, -0.05) is 35.6 Å². The molecule has 1 saturated heterocycles. The number of benzene rings is 1. The lowest BCUT2D eigenvalue weighted by molar-refractivity contribution is -0.0241. The Labute approximate surface area is 178 Å². The van der Waals surface area contributed by atoms with Crippen LogP contribution in [-0.2, 0) is 9.47 Å². The molecular weight excluding hydrogens is 428 g/mol. The van der Waals surface area contributed by atoms with Crippen LogP contribution in [-0.4, -0.2) is 37.8 Å². The molecular formula is C19H18N4O5S2. The van der Waals surface area contributed by atoms with E-state index in [9.17, 15) is 14.4 Å². The quantitative estimate of drug-likeness (QED) is 0.435. The van der Waals surface area contributed by atoms with Crippen LogP contribution in [0.2, 0.25) is 0 Å². The third-order valence-electron chi connectivity index (χ3n) is 4.44. The number of thioether (sulfide) groups is 1. The number of aromatic nitrogens is 3. The van der Waals surface area contributed by atoms with Crippen molar-refractivity contribution in [2.75, 3.05) is 12.3 Å². The number of esters is 1. The molecule has 4 rings (SSSR count). The molecule has 0 bridgehead atoms. The number of aromatic amines is 1. The van der Waals surface area contributed by atoms with Gasteiger partial charge in [0.1, 0.15) is 16.7 Å². The molecule has 156 valence electrons. The van der Waals surface area contributed by atoms with Crippen LogP contribution in [0.25, 0.3) is 10.3 Å². The minimum absolute atomic E-state index is 0.00943. The zero-order valence-electron chi connectivity index (χ0n) is 15.6. The van der Waals surface area contributed by atoms with Crippen LogP contribution in [0, 0.1) is 0 Å². The molecule has 0 radical (unpaired) electrons. The van der Waals surface area contributed by atoms with Crippen molar-refractivity contribution in [3.05, 3.63) is 68.6 Å². The third-order valence-corrected chi connectivity index (χ3v) is 6.71. The fourth-order valence-corrected chi connectivity index (χ4v) is 5.28. The molecule has 1 fully saturated rings. The first-order valence-corrected chi connectivity index (χ1v) is 10.8. The molecule has 3 N–H and O–H groups in total. The fourth-order valence-electron chi connectivity index (χ4n) is 3.15. The Balaban J connectivity index is 1.58. The first kappa shape index (κ1) is 20.4. The molecule has 9 nitrogen and oxygen atoms in total. The number of hydrogen-bond donors (Lipinski definition) is 2. The van der Waals surface area contributed by atoms with Crippen molar-refractivity contribution in [1.29, 1.82) is 0 Å². The van der Waals surface area contributed by atoms with Crippen LogP contribution in [0.4, 0.5) is 5.95 Å². The van der Waals surface area contributed by atoms with Crippen molar-refractivity contribution < 1.29 is 14.3 Å². The first-order chi connectivity index (χ1) is 14.5. The number of nitrogens with one attached hydrogen (secondary N) is 1. The molecule has 1 aliphatic rings. The SMILES string of the molecule is C=CCC1SC(COC(=O)c2ccccc2)OC1n1c(=O)sc2c(=O)[nH]c(N)nc21. The normalized spacial score (nSPS) is 21.0. The number of allylic oxidation sites excluding steroid dienone is 1. The number of nitrogen functional groups attached to an aromatic ring is 1. The molecule has 0 spiro atoms. The van der Waals surface area contributed by atoms with E-state index in [1.165, 1.54) is 16.3 Å². The molecule has 3 unspecified atom stereocenters. The molecule has 11 heteroatoms. The topological polar surface area (TPSA) is 129 Å². The molecule has 2 aromatic heterocycles. The monoisotopic (exact) mass is 446 g/mol. The van der Waals surface area contributed by atoms with Gasteiger partial charge in [0, 0.05) is 0 Å². The minimum Gasteiger partial charge on any atom is -0.458 e. The van der Waals surface area contributed by atoms with E-state index >= 15 is 0 Å². The van der Waals surface area contributed by atoms with Crippen LogP contribution >= 0.6 is 23.1 Å². The molecule has 0 aliphatic carbocycles. The van der Waals surface area contributed by atoms with E-state index in [0.29, 0.717) is 12.0 Å². The summed E-state index contributed by atoms with van der Waals surface area (Å²) in [4.78, 5) is 43.1. The summed E-state index contributed by atoms with van der Waals surface area (Å²) < 4.78 is 12.9. The number of carbonyl (C=O) groups is 1. The van der Waals surface area contributed by atoms with Crippen molar-refractivity contribution in [3.8, 4) is 0 Å². The predicted molar refractivity (Wildman–Crippen MR) is 116 cm³/mol. The number of nitrogens with zero attached hydrogens (tertiary/aromatic N) is 2. The van der Waals surface area contributed by atoms with E-state index < -0.39 is 23.2 Å². The summed E-state index contributed by atoms with van der Waals surface area (Å²) in [5.41, 5.74) is 5.31. The van der Waals surface area contributed by atoms with E-state index in [2.05, 4.69) is 16.5 Å². The highest BCUT2D eigenvalue weighted by atomic mass is 32.2. The Kier molecular flexibility index (Phi) is 5.75. The van der Waals surface area contributed by atoms with Gasteiger partial charge in [-0.3, -0.25) is 19.1 Å². The average Bonchev–Trinajstić information content (AvgIpc) is 3.27. The summed E-state index contributed by atoms with van der Waals surface area (Å²) in [6.07, 6.45) is 1.56. The summed E-state index contributed by atoms with van der Waals surface area (Å²) in [5, 5.41) is -0.180. The van der Waals surface area contributed by atoms with Gasteiger partial charge >= 0.3 is 10.8 Å². The van der Waals surface area contributed by atoms with Gasteiger partial charge in [0.05, 0.1) is 10.8 Å². The van der Waals surface area contributed by atoms with Crippen LogP contribution < -0.4 is 16.2 Å². The number of nitrogens with two attached hydrogens (primary N) is 1. The second-order valence-electron chi connectivity index (χ2n) is 6.46. The molecule has 1 aromatic carbocycles. The van der Waals surface area contributed by atoms with Crippen LogP contribution in [0.15, 0.2) is 52.6 Å². The zero-order valence-corrected chi connectivity index (χ0v) is 17.3. The van der Waals surface area contributed by atoms with Gasteiger partial charge in [-0.05, 0) is 18.6 Å². The second kappa shape index (κ2) is 8.46. The van der Waals surface area contributed by atoms with Crippen molar-refractivity contribution in [2.45, 2.75) is 23.3 Å². The molecule has 0 saturated carbocycles. The third kappa shape index (κ3) is 3.91. The number of thiazole rings is 1. The Bertz CT molecular complexity index is 1200. The van der Waals surface area contributed by atoms with E-state index in [4.69, 9.17) is 15.2 Å². The van der Waals surface area contributed by atoms with Gasteiger partial charge in [0.25, 0.3) is 5.56 Å². The van der Waals surface area contributed by atoms with E-state index in [1.807, 2.05) is 6.07 Å². The summed E-state index contributed by atoms with van der Waals surface area (Å²) in [5.74, 6) is -0.541.